The molecule has 22 heavy (non-hydrogen) atoms. The molecule has 0 heterocycles. The van der Waals surface area contributed by atoms with Gasteiger partial charge in [-0.25, -0.2) is 8.42 Å². The van der Waals surface area contributed by atoms with Crippen molar-refractivity contribution in [1.82, 2.24) is 0 Å². The Morgan fingerprint density at radius 2 is 1.27 bits per heavy atom. The van der Waals surface area contributed by atoms with Crippen LogP contribution in [0.4, 0.5) is 0 Å². The van der Waals surface area contributed by atoms with E-state index in [2.05, 4.69) is 0 Å². The van der Waals surface area contributed by atoms with E-state index in [0.29, 0.717) is 16.7 Å². The van der Waals surface area contributed by atoms with Crippen LogP contribution in [0.5, 0.6) is 11.5 Å². The van der Waals surface area contributed by atoms with E-state index in [9.17, 15) is 18.6 Å². The summed E-state index contributed by atoms with van der Waals surface area (Å²) in [6.07, 6.45) is 0. The summed E-state index contributed by atoms with van der Waals surface area (Å²) in [5.74, 6) is -0.162. The average Bonchev–Trinajstić information content (AvgIpc) is 2.44. The van der Waals surface area contributed by atoms with Gasteiger partial charge in [0, 0.05) is 0 Å². The number of sulfone groups is 1. The fraction of sp³-hybridized carbons (Fsp3) is 0.294. The minimum absolute atomic E-state index is 0.0527. The highest BCUT2D eigenvalue weighted by Crippen LogP contribution is 2.36. The zero-order valence-corrected chi connectivity index (χ0v) is 14.2. The predicted octanol–water partition coefficient (Wildman–Crippen LogP) is 3.47. The second-order valence-electron chi connectivity index (χ2n) is 5.70. The molecule has 0 unspecified atom stereocenters. The molecule has 5 heteroatoms. The normalized spacial score (nSPS) is 11.7. The van der Waals surface area contributed by atoms with Gasteiger partial charge in [0.05, 0.1) is 4.90 Å². The summed E-state index contributed by atoms with van der Waals surface area (Å²) in [7, 11) is -3.86. The molecule has 0 aliphatic carbocycles. The maximum absolute atomic E-state index is 12.9. The smallest absolute Gasteiger partial charge is 0.210 e. The van der Waals surface area contributed by atoms with Crippen LogP contribution in [0, 0.1) is 34.6 Å². The van der Waals surface area contributed by atoms with Gasteiger partial charge in [0.1, 0.15) is 16.4 Å². The molecule has 2 aromatic rings. The molecule has 0 aromatic heterocycles. The van der Waals surface area contributed by atoms with Crippen molar-refractivity contribution in [3.05, 3.63) is 46.0 Å². The van der Waals surface area contributed by atoms with Gasteiger partial charge in [-0.1, -0.05) is 0 Å². The summed E-state index contributed by atoms with van der Waals surface area (Å²) in [4.78, 5) is 0.00189. The van der Waals surface area contributed by atoms with Gasteiger partial charge in [-0.05, 0) is 80.6 Å². The fourth-order valence-corrected chi connectivity index (χ4v) is 4.21. The summed E-state index contributed by atoms with van der Waals surface area (Å²) in [5, 5.41) is 20.0. The SMILES string of the molecule is Cc1cc(S(=O)(=O)c2cc(C)c(C)c(C)c2O)c(C)cc1O. The number of benzene rings is 2. The number of rotatable bonds is 2. The summed E-state index contributed by atoms with van der Waals surface area (Å²) >= 11 is 0. The van der Waals surface area contributed by atoms with Crippen LogP contribution in [0.15, 0.2) is 28.0 Å². The topological polar surface area (TPSA) is 74.6 Å². The van der Waals surface area contributed by atoms with Crippen molar-refractivity contribution in [2.24, 2.45) is 0 Å². The summed E-state index contributed by atoms with van der Waals surface area (Å²) in [6.45, 7) is 8.62. The van der Waals surface area contributed by atoms with Crippen LogP contribution in [-0.4, -0.2) is 18.6 Å². The lowest BCUT2D eigenvalue weighted by Gasteiger charge is -2.15. The maximum Gasteiger partial charge on any atom is 0.210 e. The first kappa shape index (κ1) is 16.4. The second kappa shape index (κ2) is 5.32. The molecule has 0 fully saturated rings. The van der Waals surface area contributed by atoms with Crippen molar-refractivity contribution < 1.29 is 18.6 Å². The highest BCUT2D eigenvalue weighted by molar-refractivity contribution is 7.91. The molecule has 2 rings (SSSR count). The van der Waals surface area contributed by atoms with E-state index < -0.39 is 9.84 Å². The third-order valence-electron chi connectivity index (χ3n) is 4.16. The standard InChI is InChI=1S/C17H20O4S/c1-9-7-16(17(19)13(5)12(9)4)22(20,21)15-8-10(2)14(18)6-11(15)3/h6-8,18-19H,1-5H3. The van der Waals surface area contributed by atoms with Crippen LogP contribution < -0.4 is 0 Å². The molecule has 0 atom stereocenters. The Hall–Kier alpha value is -2.01. The fourth-order valence-electron chi connectivity index (χ4n) is 2.42. The highest BCUT2D eigenvalue weighted by atomic mass is 32.2. The van der Waals surface area contributed by atoms with E-state index in [1.807, 2.05) is 13.8 Å². The Morgan fingerprint density at radius 1 is 0.727 bits per heavy atom. The highest BCUT2D eigenvalue weighted by Gasteiger charge is 2.26. The van der Waals surface area contributed by atoms with Gasteiger partial charge in [-0.2, -0.15) is 0 Å². The molecular weight excluding hydrogens is 300 g/mol. The number of phenolic OH excluding ortho intramolecular Hbond substituents is 2. The molecule has 0 bridgehead atoms. The Kier molecular flexibility index (Phi) is 3.96. The van der Waals surface area contributed by atoms with Crippen LogP contribution in [0.1, 0.15) is 27.8 Å². The van der Waals surface area contributed by atoms with Crippen molar-refractivity contribution in [3.8, 4) is 11.5 Å². The zero-order valence-electron chi connectivity index (χ0n) is 13.4. The van der Waals surface area contributed by atoms with Crippen LogP contribution in [-0.2, 0) is 9.84 Å². The Balaban J connectivity index is 2.80. The van der Waals surface area contributed by atoms with Crippen LogP contribution in [0.3, 0.4) is 0 Å². The van der Waals surface area contributed by atoms with Crippen molar-refractivity contribution in [2.75, 3.05) is 0 Å². The number of aromatic hydroxyl groups is 2. The lowest BCUT2D eigenvalue weighted by molar-refractivity contribution is 0.453. The number of hydrogen-bond donors (Lipinski definition) is 2. The molecular formula is C17H20O4S. The second-order valence-corrected chi connectivity index (χ2v) is 7.58. The largest absolute Gasteiger partial charge is 0.508 e. The van der Waals surface area contributed by atoms with Crippen LogP contribution in [0.25, 0.3) is 0 Å². The summed E-state index contributed by atoms with van der Waals surface area (Å²) < 4.78 is 25.8. The molecule has 118 valence electrons. The summed E-state index contributed by atoms with van der Waals surface area (Å²) in [6, 6.07) is 4.35. The third kappa shape index (κ3) is 2.46. The van der Waals surface area contributed by atoms with E-state index in [1.54, 1.807) is 20.8 Å². The number of phenols is 2. The quantitative estimate of drug-likeness (QED) is 0.888. The van der Waals surface area contributed by atoms with E-state index in [-0.39, 0.29) is 21.3 Å². The van der Waals surface area contributed by atoms with Gasteiger partial charge < -0.3 is 10.2 Å². The van der Waals surface area contributed by atoms with Crippen LogP contribution >= 0.6 is 0 Å². The number of aryl methyl sites for hydroxylation is 3. The first-order valence-electron chi connectivity index (χ1n) is 6.92. The molecule has 2 N–H and O–H groups in total. The minimum Gasteiger partial charge on any atom is -0.508 e. The molecule has 0 aliphatic heterocycles. The van der Waals surface area contributed by atoms with Crippen LogP contribution in [0.2, 0.25) is 0 Å². The van der Waals surface area contributed by atoms with Gasteiger partial charge in [-0.15, -0.1) is 0 Å². The molecule has 2 aromatic carbocycles. The van der Waals surface area contributed by atoms with E-state index >= 15 is 0 Å². The Labute approximate surface area is 131 Å². The van der Waals surface area contributed by atoms with Gasteiger partial charge in [0.2, 0.25) is 9.84 Å². The molecule has 4 nitrogen and oxygen atoms in total. The Bertz CT molecular complexity index is 865. The molecule has 0 saturated carbocycles. The predicted molar refractivity (Wildman–Crippen MR) is 85.4 cm³/mol. The zero-order chi connectivity index (χ0) is 16.8. The molecule has 0 aliphatic rings. The first-order valence-corrected chi connectivity index (χ1v) is 8.40. The van der Waals surface area contributed by atoms with Gasteiger partial charge in [0.15, 0.2) is 0 Å². The van der Waals surface area contributed by atoms with E-state index in [0.717, 1.165) is 11.1 Å². The molecule has 0 amide bonds. The molecule has 0 radical (unpaired) electrons. The minimum atomic E-state index is -3.86. The number of hydrogen-bond acceptors (Lipinski definition) is 4. The lowest BCUT2D eigenvalue weighted by atomic mass is 10.0. The third-order valence-corrected chi connectivity index (χ3v) is 6.07. The van der Waals surface area contributed by atoms with Crippen molar-refractivity contribution in [2.45, 2.75) is 44.4 Å². The van der Waals surface area contributed by atoms with E-state index in [4.69, 9.17) is 0 Å². The van der Waals surface area contributed by atoms with Crippen molar-refractivity contribution in [3.63, 3.8) is 0 Å². The Morgan fingerprint density at radius 3 is 1.86 bits per heavy atom. The molecule has 0 saturated heterocycles. The lowest BCUT2D eigenvalue weighted by Crippen LogP contribution is -2.07. The maximum atomic E-state index is 12.9. The monoisotopic (exact) mass is 320 g/mol. The van der Waals surface area contributed by atoms with Gasteiger partial charge in [-0.3, -0.25) is 0 Å². The first-order chi connectivity index (χ1) is 10.1. The van der Waals surface area contributed by atoms with Gasteiger partial charge in [0.25, 0.3) is 0 Å². The van der Waals surface area contributed by atoms with Gasteiger partial charge >= 0.3 is 0 Å². The summed E-state index contributed by atoms with van der Waals surface area (Å²) in [5.41, 5.74) is 3.16. The average molecular weight is 320 g/mol. The van der Waals surface area contributed by atoms with Crippen molar-refractivity contribution in [1.29, 1.82) is 0 Å². The molecule has 0 spiro atoms. The van der Waals surface area contributed by atoms with Crippen molar-refractivity contribution >= 4 is 9.84 Å². The van der Waals surface area contributed by atoms with E-state index in [1.165, 1.54) is 18.2 Å².